The Morgan fingerprint density at radius 2 is 2.27 bits per heavy atom. The highest BCUT2D eigenvalue weighted by molar-refractivity contribution is 4.98. The highest BCUT2D eigenvalue weighted by atomic mass is 16.3. The van der Waals surface area contributed by atoms with Crippen LogP contribution in [0.5, 0.6) is 0 Å². The van der Waals surface area contributed by atoms with Gasteiger partial charge in [0.2, 0.25) is 0 Å². The Balaban J connectivity index is 1.68. The van der Waals surface area contributed by atoms with Crippen molar-refractivity contribution < 1.29 is 9.52 Å². The quantitative estimate of drug-likeness (QED) is 0.793. The summed E-state index contributed by atoms with van der Waals surface area (Å²) in [6.07, 6.45) is 6.88. The van der Waals surface area contributed by atoms with Crippen LogP contribution >= 0.6 is 0 Å². The molecule has 0 spiro atoms. The molecule has 0 bridgehead atoms. The molecule has 3 heteroatoms. The maximum Gasteiger partial charge on any atom is 0.105 e. The van der Waals surface area contributed by atoms with Gasteiger partial charge < -0.3 is 14.8 Å². The van der Waals surface area contributed by atoms with Crippen molar-refractivity contribution >= 4 is 0 Å². The Kier molecular flexibility index (Phi) is 3.80. The minimum absolute atomic E-state index is 0.157. The lowest BCUT2D eigenvalue weighted by atomic mass is 9.92. The van der Waals surface area contributed by atoms with E-state index in [0.29, 0.717) is 0 Å². The molecule has 2 N–H and O–H groups in total. The summed E-state index contributed by atoms with van der Waals surface area (Å²) in [7, 11) is 0. The third kappa shape index (κ3) is 3.08. The van der Waals surface area contributed by atoms with E-state index < -0.39 is 0 Å². The first kappa shape index (κ1) is 10.7. The summed E-state index contributed by atoms with van der Waals surface area (Å²) >= 11 is 0. The van der Waals surface area contributed by atoms with Crippen LogP contribution in [0.15, 0.2) is 22.8 Å². The molecule has 1 aliphatic rings. The lowest BCUT2D eigenvalue weighted by Crippen LogP contribution is -2.42. The van der Waals surface area contributed by atoms with Crippen molar-refractivity contribution in [3.8, 4) is 0 Å². The normalized spacial score (nSPS) is 26.7. The predicted octanol–water partition coefficient (Wildman–Crippen LogP) is 1.72. The Hall–Kier alpha value is -0.800. The molecule has 0 amide bonds. The van der Waals surface area contributed by atoms with Gasteiger partial charge >= 0.3 is 0 Å². The molecule has 84 valence electrons. The van der Waals surface area contributed by atoms with Gasteiger partial charge in [0.1, 0.15) is 5.76 Å². The van der Waals surface area contributed by atoms with E-state index in [2.05, 4.69) is 5.32 Å². The molecule has 1 saturated carbocycles. The Morgan fingerprint density at radius 1 is 1.40 bits per heavy atom. The molecule has 2 rings (SSSR count). The lowest BCUT2D eigenvalue weighted by molar-refractivity contribution is 0.0912. The maximum atomic E-state index is 9.74. The second kappa shape index (κ2) is 5.33. The number of aliphatic hydroxyl groups excluding tert-OH is 1. The first-order valence-electron chi connectivity index (χ1n) is 5.80. The van der Waals surface area contributed by atoms with Crippen molar-refractivity contribution in [2.45, 2.75) is 44.2 Å². The Morgan fingerprint density at radius 3 is 3.00 bits per heavy atom. The van der Waals surface area contributed by atoms with E-state index in [1.165, 1.54) is 6.42 Å². The van der Waals surface area contributed by atoms with Gasteiger partial charge in [0.25, 0.3) is 0 Å². The van der Waals surface area contributed by atoms with E-state index in [1.807, 2.05) is 12.1 Å². The number of hydrogen-bond donors (Lipinski definition) is 2. The van der Waals surface area contributed by atoms with Gasteiger partial charge in [0, 0.05) is 19.0 Å². The van der Waals surface area contributed by atoms with Crippen LogP contribution in [0.1, 0.15) is 31.4 Å². The molecule has 1 aromatic rings. The molecule has 3 nitrogen and oxygen atoms in total. The second-order valence-electron chi connectivity index (χ2n) is 4.24. The third-order valence-corrected chi connectivity index (χ3v) is 3.09. The van der Waals surface area contributed by atoms with Gasteiger partial charge in [-0.25, -0.2) is 0 Å². The van der Waals surface area contributed by atoms with E-state index in [-0.39, 0.29) is 12.1 Å². The third-order valence-electron chi connectivity index (χ3n) is 3.09. The standard InChI is InChI=1S/C12H19NO2/c14-12-6-2-1-5-11(12)13-8-7-10-4-3-9-15-10/h3-4,9,11-14H,1-2,5-8H2/t11-,12-/m1/s1. The second-order valence-corrected chi connectivity index (χ2v) is 4.24. The number of rotatable bonds is 4. The summed E-state index contributed by atoms with van der Waals surface area (Å²) in [6, 6.07) is 4.18. The molecule has 0 unspecified atom stereocenters. The molecular formula is C12H19NO2. The van der Waals surface area contributed by atoms with Crippen LogP contribution < -0.4 is 5.32 Å². The van der Waals surface area contributed by atoms with Crippen molar-refractivity contribution in [1.82, 2.24) is 5.32 Å². The van der Waals surface area contributed by atoms with Crippen LogP contribution in [0, 0.1) is 0 Å². The Labute approximate surface area is 90.5 Å². The molecule has 0 saturated heterocycles. The fraction of sp³-hybridized carbons (Fsp3) is 0.667. The van der Waals surface area contributed by atoms with Crippen molar-refractivity contribution in [2.75, 3.05) is 6.54 Å². The Bertz CT molecular complexity index is 271. The summed E-state index contributed by atoms with van der Waals surface area (Å²) in [6.45, 7) is 0.884. The number of furan rings is 1. The number of aliphatic hydroxyl groups is 1. The van der Waals surface area contributed by atoms with Crippen LogP contribution in [0.3, 0.4) is 0 Å². The maximum absolute atomic E-state index is 9.74. The highest BCUT2D eigenvalue weighted by Crippen LogP contribution is 2.18. The SMILES string of the molecule is O[C@@H]1CCCC[C@H]1NCCc1ccco1. The van der Waals surface area contributed by atoms with Gasteiger partial charge in [-0.15, -0.1) is 0 Å². The summed E-state index contributed by atoms with van der Waals surface area (Å²) in [4.78, 5) is 0. The number of nitrogens with one attached hydrogen (secondary N) is 1. The van der Waals surface area contributed by atoms with Crippen LogP contribution in [-0.4, -0.2) is 23.8 Å². The van der Waals surface area contributed by atoms with Gasteiger partial charge in [-0.3, -0.25) is 0 Å². The van der Waals surface area contributed by atoms with Crippen LogP contribution in [0.25, 0.3) is 0 Å². The van der Waals surface area contributed by atoms with Crippen LogP contribution in [-0.2, 0) is 6.42 Å². The first-order valence-corrected chi connectivity index (χ1v) is 5.80. The lowest BCUT2D eigenvalue weighted by Gasteiger charge is -2.28. The molecule has 1 aliphatic carbocycles. The summed E-state index contributed by atoms with van der Waals surface area (Å²) in [5.41, 5.74) is 0. The van der Waals surface area contributed by atoms with E-state index in [0.717, 1.165) is 38.0 Å². The fourth-order valence-corrected chi connectivity index (χ4v) is 2.18. The molecular weight excluding hydrogens is 190 g/mol. The average Bonchev–Trinajstić information content (AvgIpc) is 2.74. The molecule has 0 aliphatic heterocycles. The van der Waals surface area contributed by atoms with Gasteiger partial charge in [0.15, 0.2) is 0 Å². The molecule has 15 heavy (non-hydrogen) atoms. The zero-order valence-corrected chi connectivity index (χ0v) is 8.98. The number of hydrogen-bond acceptors (Lipinski definition) is 3. The van der Waals surface area contributed by atoms with E-state index in [1.54, 1.807) is 6.26 Å². The zero-order chi connectivity index (χ0) is 10.5. The highest BCUT2D eigenvalue weighted by Gasteiger charge is 2.21. The van der Waals surface area contributed by atoms with E-state index >= 15 is 0 Å². The molecule has 2 atom stereocenters. The van der Waals surface area contributed by atoms with Crippen molar-refractivity contribution in [1.29, 1.82) is 0 Å². The van der Waals surface area contributed by atoms with Crippen molar-refractivity contribution in [2.24, 2.45) is 0 Å². The molecule has 1 heterocycles. The van der Waals surface area contributed by atoms with Gasteiger partial charge in [-0.2, -0.15) is 0 Å². The van der Waals surface area contributed by atoms with Crippen LogP contribution in [0.2, 0.25) is 0 Å². The van der Waals surface area contributed by atoms with Gasteiger partial charge in [-0.1, -0.05) is 12.8 Å². The predicted molar refractivity (Wildman–Crippen MR) is 58.7 cm³/mol. The molecule has 1 aromatic heterocycles. The van der Waals surface area contributed by atoms with E-state index in [9.17, 15) is 5.11 Å². The van der Waals surface area contributed by atoms with E-state index in [4.69, 9.17) is 4.42 Å². The molecule has 0 aromatic carbocycles. The molecule has 0 radical (unpaired) electrons. The topological polar surface area (TPSA) is 45.4 Å². The molecule has 1 fully saturated rings. The van der Waals surface area contributed by atoms with Crippen molar-refractivity contribution in [3.63, 3.8) is 0 Å². The monoisotopic (exact) mass is 209 g/mol. The fourth-order valence-electron chi connectivity index (χ4n) is 2.18. The van der Waals surface area contributed by atoms with Crippen molar-refractivity contribution in [3.05, 3.63) is 24.2 Å². The summed E-state index contributed by atoms with van der Waals surface area (Å²) in [5, 5.41) is 13.1. The van der Waals surface area contributed by atoms with Crippen LogP contribution in [0.4, 0.5) is 0 Å². The zero-order valence-electron chi connectivity index (χ0n) is 8.98. The average molecular weight is 209 g/mol. The smallest absolute Gasteiger partial charge is 0.105 e. The largest absolute Gasteiger partial charge is 0.469 e. The minimum Gasteiger partial charge on any atom is -0.469 e. The summed E-state index contributed by atoms with van der Waals surface area (Å²) in [5.74, 6) is 1.01. The first-order chi connectivity index (χ1) is 7.36. The summed E-state index contributed by atoms with van der Waals surface area (Å²) < 4.78 is 5.25. The van der Waals surface area contributed by atoms with Gasteiger partial charge in [0.05, 0.1) is 12.4 Å². The van der Waals surface area contributed by atoms with Gasteiger partial charge in [-0.05, 0) is 25.0 Å². The minimum atomic E-state index is -0.157.